The zero-order valence-corrected chi connectivity index (χ0v) is 16.6. The van der Waals surface area contributed by atoms with Gasteiger partial charge in [-0.25, -0.2) is 28.1 Å². The number of carbonyl (C=O) groups excluding carboxylic acids is 1. The number of aliphatic imine (C=N–C) groups is 1. The predicted octanol–water partition coefficient (Wildman–Crippen LogP) is 2.95. The van der Waals surface area contributed by atoms with Crippen molar-refractivity contribution in [2.24, 2.45) is 10.7 Å². The van der Waals surface area contributed by atoms with Gasteiger partial charge in [0.05, 0.1) is 0 Å². The van der Waals surface area contributed by atoms with Crippen LogP contribution in [0.25, 0.3) is 11.1 Å². The van der Waals surface area contributed by atoms with Gasteiger partial charge in [0.15, 0.2) is 11.5 Å². The number of nitrogens with zero attached hydrogens (tertiary/aromatic N) is 5. The number of aromatic nitrogens is 3. The lowest BCUT2D eigenvalue weighted by molar-refractivity contribution is -0.129. The van der Waals surface area contributed by atoms with E-state index in [1.54, 1.807) is 19.3 Å². The maximum absolute atomic E-state index is 15.1. The Morgan fingerprint density at radius 1 is 1.06 bits per heavy atom. The standard InChI is InChI=1S/C21H17F3N6O/c1-11-27-9-13(10-28-11)12-3-4-16(22)15(7-12)21(19(31)30(2)20(25)29-21)14-5-6-26-17(8-14)18(23)24/h3-10,18H,1-2H3,(H2,25,29). The van der Waals surface area contributed by atoms with Crippen molar-refractivity contribution < 1.29 is 18.0 Å². The van der Waals surface area contributed by atoms with Crippen LogP contribution in [0.1, 0.15) is 29.1 Å². The van der Waals surface area contributed by atoms with Crippen LogP contribution in [-0.2, 0) is 10.3 Å². The summed E-state index contributed by atoms with van der Waals surface area (Å²) in [5.74, 6) is -1.02. The van der Waals surface area contributed by atoms with Crippen molar-refractivity contribution in [3.63, 3.8) is 0 Å². The van der Waals surface area contributed by atoms with Crippen LogP contribution in [0.4, 0.5) is 13.2 Å². The van der Waals surface area contributed by atoms with Gasteiger partial charge in [-0.3, -0.25) is 14.7 Å². The van der Waals surface area contributed by atoms with Gasteiger partial charge in [0.1, 0.15) is 17.3 Å². The largest absolute Gasteiger partial charge is 0.369 e. The smallest absolute Gasteiger partial charge is 0.280 e. The number of pyridine rings is 1. The minimum absolute atomic E-state index is 0.0336. The van der Waals surface area contributed by atoms with Crippen LogP contribution >= 0.6 is 0 Å². The molecule has 0 radical (unpaired) electrons. The fraction of sp³-hybridized carbons (Fsp3) is 0.190. The molecule has 10 heteroatoms. The lowest BCUT2D eigenvalue weighted by Crippen LogP contribution is -2.41. The van der Waals surface area contributed by atoms with E-state index in [2.05, 4.69) is 19.9 Å². The summed E-state index contributed by atoms with van der Waals surface area (Å²) in [6, 6.07) is 6.51. The third kappa shape index (κ3) is 3.29. The molecule has 0 aliphatic carbocycles. The molecule has 4 rings (SSSR count). The number of nitrogens with two attached hydrogens (primary N) is 1. The van der Waals surface area contributed by atoms with Crippen molar-refractivity contribution in [2.45, 2.75) is 18.9 Å². The summed E-state index contributed by atoms with van der Waals surface area (Å²) in [6.45, 7) is 1.73. The summed E-state index contributed by atoms with van der Waals surface area (Å²) >= 11 is 0. The molecule has 1 aliphatic heterocycles. The molecule has 158 valence electrons. The second-order valence-electron chi connectivity index (χ2n) is 7.03. The van der Waals surface area contributed by atoms with E-state index < -0.39 is 29.4 Å². The molecule has 3 heterocycles. The Hall–Kier alpha value is -3.82. The number of alkyl halides is 2. The molecule has 2 N–H and O–H groups in total. The van der Waals surface area contributed by atoms with Crippen LogP contribution in [0.3, 0.4) is 0 Å². The average molecular weight is 426 g/mol. The van der Waals surface area contributed by atoms with E-state index in [4.69, 9.17) is 5.73 Å². The van der Waals surface area contributed by atoms with E-state index in [1.165, 1.54) is 31.3 Å². The molecule has 1 aromatic carbocycles. The van der Waals surface area contributed by atoms with Gasteiger partial charge in [-0.05, 0) is 42.3 Å². The van der Waals surface area contributed by atoms with Crippen LogP contribution in [0.2, 0.25) is 0 Å². The molecule has 0 saturated heterocycles. The zero-order chi connectivity index (χ0) is 22.3. The van der Waals surface area contributed by atoms with Gasteiger partial charge < -0.3 is 5.73 Å². The van der Waals surface area contributed by atoms with Gasteiger partial charge in [-0.15, -0.1) is 0 Å². The first-order valence-corrected chi connectivity index (χ1v) is 9.21. The molecule has 2 aromatic heterocycles. The van der Waals surface area contributed by atoms with Crippen molar-refractivity contribution in [3.05, 3.63) is 77.4 Å². The SMILES string of the molecule is Cc1ncc(-c2ccc(F)c(C3(c4ccnc(C(F)F)c4)N=C(N)N(C)C3=O)c2)cn1. The Balaban J connectivity index is 1.98. The Bertz CT molecular complexity index is 1200. The quantitative estimate of drug-likeness (QED) is 0.692. The van der Waals surface area contributed by atoms with Crippen LogP contribution in [-0.4, -0.2) is 38.8 Å². The van der Waals surface area contributed by atoms with Gasteiger partial charge in [0, 0.05) is 36.8 Å². The van der Waals surface area contributed by atoms with Gasteiger partial charge in [-0.2, -0.15) is 0 Å². The number of guanidine groups is 1. The number of rotatable bonds is 4. The fourth-order valence-electron chi connectivity index (χ4n) is 3.48. The van der Waals surface area contributed by atoms with E-state index in [9.17, 15) is 13.6 Å². The highest BCUT2D eigenvalue weighted by molar-refractivity contribution is 6.09. The number of likely N-dealkylation sites (N-methyl/N-ethyl adjacent to an activating group) is 1. The monoisotopic (exact) mass is 426 g/mol. The highest BCUT2D eigenvalue weighted by atomic mass is 19.3. The van der Waals surface area contributed by atoms with Gasteiger partial charge in [0.2, 0.25) is 0 Å². The number of carbonyl (C=O) groups is 1. The Kier molecular flexibility index (Phi) is 4.92. The Labute approximate surface area is 175 Å². The minimum Gasteiger partial charge on any atom is -0.369 e. The van der Waals surface area contributed by atoms with Gasteiger partial charge in [-0.1, -0.05) is 6.07 Å². The van der Waals surface area contributed by atoms with Crippen LogP contribution in [0.5, 0.6) is 0 Å². The van der Waals surface area contributed by atoms with Crippen LogP contribution in [0, 0.1) is 12.7 Å². The molecule has 0 spiro atoms. The molecule has 1 amide bonds. The van der Waals surface area contributed by atoms with E-state index in [-0.39, 0.29) is 17.1 Å². The number of aryl methyl sites for hydroxylation is 1. The highest BCUT2D eigenvalue weighted by Gasteiger charge is 2.51. The van der Waals surface area contributed by atoms with E-state index >= 15 is 4.39 Å². The molecule has 7 nitrogen and oxygen atoms in total. The van der Waals surface area contributed by atoms with Crippen LogP contribution < -0.4 is 5.73 Å². The molecule has 3 aromatic rings. The van der Waals surface area contributed by atoms with E-state index in [0.29, 0.717) is 17.0 Å². The second kappa shape index (κ2) is 7.46. The Morgan fingerprint density at radius 3 is 2.39 bits per heavy atom. The minimum atomic E-state index is -2.88. The first-order chi connectivity index (χ1) is 14.7. The molecular weight excluding hydrogens is 409 g/mol. The topological polar surface area (TPSA) is 97.4 Å². The number of hydrogen-bond acceptors (Lipinski definition) is 6. The van der Waals surface area contributed by atoms with Crippen molar-refractivity contribution >= 4 is 11.9 Å². The summed E-state index contributed by atoms with van der Waals surface area (Å²) in [5.41, 5.74) is 4.36. The fourth-order valence-corrected chi connectivity index (χ4v) is 3.48. The van der Waals surface area contributed by atoms with Crippen molar-refractivity contribution in [1.82, 2.24) is 19.9 Å². The molecular formula is C21H17F3N6O. The lowest BCUT2D eigenvalue weighted by atomic mass is 9.81. The molecule has 0 saturated carbocycles. The third-order valence-corrected chi connectivity index (χ3v) is 5.13. The second-order valence-corrected chi connectivity index (χ2v) is 7.03. The number of hydrogen-bond donors (Lipinski definition) is 1. The normalized spacial score (nSPS) is 18.6. The zero-order valence-electron chi connectivity index (χ0n) is 16.6. The van der Waals surface area contributed by atoms with Gasteiger partial charge in [0.25, 0.3) is 12.3 Å². The van der Waals surface area contributed by atoms with Crippen LogP contribution in [0.15, 0.2) is 53.9 Å². The molecule has 1 aliphatic rings. The first-order valence-electron chi connectivity index (χ1n) is 9.21. The Morgan fingerprint density at radius 2 is 1.77 bits per heavy atom. The van der Waals surface area contributed by atoms with E-state index in [0.717, 1.165) is 17.2 Å². The number of amides is 1. The first kappa shape index (κ1) is 20.5. The predicted molar refractivity (Wildman–Crippen MR) is 107 cm³/mol. The summed E-state index contributed by atoms with van der Waals surface area (Å²) in [5, 5.41) is 0. The van der Waals surface area contributed by atoms with Crippen molar-refractivity contribution in [1.29, 1.82) is 0 Å². The van der Waals surface area contributed by atoms with Gasteiger partial charge >= 0.3 is 0 Å². The molecule has 1 unspecified atom stereocenters. The molecule has 1 atom stereocenters. The number of benzene rings is 1. The molecule has 0 bridgehead atoms. The highest BCUT2D eigenvalue weighted by Crippen LogP contribution is 2.42. The van der Waals surface area contributed by atoms with Crippen molar-refractivity contribution in [2.75, 3.05) is 7.05 Å². The molecule has 31 heavy (non-hydrogen) atoms. The third-order valence-electron chi connectivity index (χ3n) is 5.13. The number of halogens is 3. The van der Waals surface area contributed by atoms with E-state index in [1.807, 2.05) is 0 Å². The van der Waals surface area contributed by atoms with Crippen molar-refractivity contribution in [3.8, 4) is 11.1 Å². The lowest BCUT2D eigenvalue weighted by Gasteiger charge is -2.27. The summed E-state index contributed by atoms with van der Waals surface area (Å²) in [4.78, 5) is 30.5. The molecule has 0 fully saturated rings. The summed E-state index contributed by atoms with van der Waals surface area (Å²) < 4.78 is 41.7. The average Bonchev–Trinajstić information content (AvgIpc) is 2.99. The summed E-state index contributed by atoms with van der Waals surface area (Å²) in [7, 11) is 1.38. The maximum atomic E-state index is 15.1. The summed E-state index contributed by atoms with van der Waals surface area (Å²) in [6.07, 6.45) is 1.38. The maximum Gasteiger partial charge on any atom is 0.280 e.